The molecule has 0 bridgehead atoms. The summed E-state index contributed by atoms with van der Waals surface area (Å²) < 4.78 is 16.5. The lowest BCUT2D eigenvalue weighted by molar-refractivity contribution is 0.0527. The van der Waals surface area contributed by atoms with Crippen LogP contribution in [0, 0.1) is 5.92 Å². The SMILES string of the molecule is CCNC(=NCC1(c2ccccc2)CCOCC1)N1CCC(COCCOC)C1. The number of guanidine groups is 1. The van der Waals surface area contributed by atoms with Crippen LogP contribution >= 0.6 is 0 Å². The number of hydrogen-bond acceptors (Lipinski definition) is 4. The van der Waals surface area contributed by atoms with Crippen LogP contribution in [0.1, 0.15) is 31.7 Å². The number of likely N-dealkylation sites (tertiary alicyclic amines) is 1. The molecule has 29 heavy (non-hydrogen) atoms. The average Bonchev–Trinajstić information content (AvgIpc) is 3.24. The fraction of sp³-hybridized carbons (Fsp3) is 0.696. The van der Waals surface area contributed by atoms with Gasteiger partial charge in [0.25, 0.3) is 0 Å². The average molecular weight is 404 g/mol. The van der Waals surface area contributed by atoms with E-state index in [2.05, 4.69) is 47.5 Å². The van der Waals surface area contributed by atoms with Gasteiger partial charge in [0, 0.05) is 51.3 Å². The quantitative estimate of drug-likeness (QED) is 0.390. The van der Waals surface area contributed by atoms with Crippen molar-refractivity contribution < 1.29 is 14.2 Å². The summed E-state index contributed by atoms with van der Waals surface area (Å²) in [5, 5.41) is 3.51. The smallest absolute Gasteiger partial charge is 0.193 e. The van der Waals surface area contributed by atoms with E-state index in [1.807, 2.05) is 0 Å². The Labute approximate surface area is 175 Å². The standard InChI is InChI=1S/C23H37N3O3/c1-3-24-22(26-12-9-20(17-26)18-29-16-15-27-2)25-19-23(10-13-28-14-11-23)21-7-5-4-6-8-21/h4-8,20H,3,9-19H2,1-2H3,(H,24,25). The Morgan fingerprint density at radius 2 is 2.03 bits per heavy atom. The van der Waals surface area contributed by atoms with Gasteiger partial charge < -0.3 is 24.4 Å². The van der Waals surface area contributed by atoms with Crippen LogP contribution in [0.5, 0.6) is 0 Å². The maximum absolute atomic E-state index is 5.75. The molecule has 0 spiro atoms. The molecule has 0 amide bonds. The van der Waals surface area contributed by atoms with Crippen molar-refractivity contribution in [1.82, 2.24) is 10.2 Å². The minimum absolute atomic E-state index is 0.0720. The first kappa shape index (κ1) is 22.1. The van der Waals surface area contributed by atoms with E-state index in [0.29, 0.717) is 19.1 Å². The van der Waals surface area contributed by atoms with Crippen LogP contribution in [0.3, 0.4) is 0 Å². The summed E-state index contributed by atoms with van der Waals surface area (Å²) in [6.07, 6.45) is 3.20. The summed E-state index contributed by atoms with van der Waals surface area (Å²) in [7, 11) is 1.71. The van der Waals surface area contributed by atoms with Gasteiger partial charge in [0.2, 0.25) is 0 Å². The molecular formula is C23H37N3O3. The number of nitrogens with one attached hydrogen (secondary N) is 1. The van der Waals surface area contributed by atoms with Gasteiger partial charge in [-0.25, -0.2) is 0 Å². The monoisotopic (exact) mass is 403 g/mol. The first-order valence-electron chi connectivity index (χ1n) is 11.0. The van der Waals surface area contributed by atoms with Gasteiger partial charge in [0.1, 0.15) is 0 Å². The largest absolute Gasteiger partial charge is 0.382 e. The Bertz CT molecular complexity index is 617. The van der Waals surface area contributed by atoms with Gasteiger partial charge in [-0.3, -0.25) is 4.99 Å². The van der Waals surface area contributed by atoms with Crippen LogP contribution in [-0.4, -0.2) is 77.2 Å². The van der Waals surface area contributed by atoms with E-state index < -0.39 is 0 Å². The first-order valence-corrected chi connectivity index (χ1v) is 11.0. The van der Waals surface area contributed by atoms with E-state index in [4.69, 9.17) is 19.2 Å². The molecule has 0 aromatic heterocycles. The molecule has 162 valence electrons. The van der Waals surface area contributed by atoms with Crippen molar-refractivity contribution in [3.05, 3.63) is 35.9 Å². The van der Waals surface area contributed by atoms with Gasteiger partial charge in [-0.05, 0) is 31.7 Å². The lowest BCUT2D eigenvalue weighted by Crippen LogP contribution is -2.43. The van der Waals surface area contributed by atoms with Crippen molar-refractivity contribution in [1.29, 1.82) is 0 Å². The molecule has 2 saturated heterocycles. The number of hydrogen-bond donors (Lipinski definition) is 1. The van der Waals surface area contributed by atoms with Crippen molar-refractivity contribution in [3.63, 3.8) is 0 Å². The molecule has 3 rings (SSSR count). The van der Waals surface area contributed by atoms with Crippen LogP contribution in [0.4, 0.5) is 0 Å². The Morgan fingerprint density at radius 3 is 2.76 bits per heavy atom. The molecule has 6 nitrogen and oxygen atoms in total. The second-order valence-electron chi connectivity index (χ2n) is 8.10. The van der Waals surface area contributed by atoms with Crippen molar-refractivity contribution in [2.24, 2.45) is 10.9 Å². The highest BCUT2D eigenvalue weighted by molar-refractivity contribution is 5.80. The highest BCUT2D eigenvalue weighted by atomic mass is 16.5. The highest BCUT2D eigenvalue weighted by Crippen LogP contribution is 2.35. The van der Waals surface area contributed by atoms with Crippen molar-refractivity contribution in [2.75, 3.05) is 66.3 Å². The fourth-order valence-corrected chi connectivity index (χ4v) is 4.30. The van der Waals surface area contributed by atoms with Crippen LogP contribution in [0.15, 0.2) is 35.3 Å². The summed E-state index contributed by atoms with van der Waals surface area (Å²) in [6, 6.07) is 10.9. The first-order chi connectivity index (χ1) is 14.3. The Kier molecular flexibility index (Phi) is 8.77. The number of ether oxygens (including phenoxy) is 3. The van der Waals surface area contributed by atoms with Crippen molar-refractivity contribution >= 4 is 5.96 Å². The lowest BCUT2D eigenvalue weighted by atomic mass is 9.74. The van der Waals surface area contributed by atoms with E-state index in [-0.39, 0.29) is 5.41 Å². The lowest BCUT2D eigenvalue weighted by Gasteiger charge is -2.37. The molecule has 1 aromatic carbocycles. The zero-order valence-corrected chi connectivity index (χ0v) is 18.1. The number of methoxy groups -OCH3 is 1. The van der Waals surface area contributed by atoms with Crippen LogP contribution in [0.25, 0.3) is 0 Å². The van der Waals surface area contributed by atoms with E-state index in [0.717, 1.165) is 71.2 Å². The molecule has 1 unspecified atom stereocenters. The molecule has 6 heteroatoms. The summed E-state index contributed by atoms with van der Waals surface area (Å²) in [6.45, 7) is 9.60. The van der Waals surface area contributed by atoms with Crippen LogP contribution < -0.4 is 5.32 Å². The molecule has 0 saturated carbocycles. The molecule has 2 aliphatic heterocycles. The molecule has 0 radical (unpaired) electrons. The van der Waals surface area contributed by atoms with Crippen LogP contribution in [0.2, 0.25) is 0 Å². The number of benzene rings is 1. The van der Waals surface area contributed by atoms with Crippen molar-refractivity contribution in [3.8, 4) is 0 Å². The van der Waals surface area contributed by atoms with Gasteiger partial charge in [-0.15, -0.1) is 0 Å². The van der Waals surface area contributed by atoms with E-state index in [9.17, 15) is 0 Å². The highest BCUT2D eigenvalue weighted by Gasteiger charge is 2.35. The zero-order valence-electron chi connectivity index (χ0n) is 18.1. The maximum Gasteiger partial charge on any atom is 0.193 e. The second-order valence-corrected chi connectivity index (χ2v) is 8.10. The van der Waals surface area contributed by atoms with Gasteiger partial charge in [0.15, 0.2) is 5.96 Å². The summed E-state index contributed by atoms with van der Waals surface area (Å²) in [5.74, 6) is 1.59. The molecule has 1 aromatic rings. The normalized spacial score (nSPS) is 22.1. The third-order valence-electron chi connectivity index (χ3n) is 6.07. The molecule has 1 N–H and O–H groups in total. The van der Waals surface area contributed by atoms with Crippen molar-refractivity contribution in [2.45, 2.75) is 31.6 Å². The molecule has 2 heterocycles. The van der Waals surface area contributed by atoms with E-state index in [1.165, 1.54) is 5.56 Å². The predicted molar refractivity (Wildman–Crippen MR) is 117 cm³/mol. The molecule has 0 aliphatic carbocycles. The zero-order chi connectivity index (χ0) is 20.4. The van der Waals surface area contributed by atoms with E-state index in [1.54, 1.807) is 7.11 Å². The molecule has 2 fully saturated rings. The third kappa shape index (κ3) is 6.17. The van der Waals surface area contributed by atoms with Crippen LogP contribution in [-0.2, 0) is 19.6 Å². The fourth-order valence-electron chi connectivity index (χ4n) is 4.30. The Morgan fingerprint density at radius 1 is 1.24 bits per heavy atom. The third-order valence-corrected chi connectivity index (χ3v) is 6.07. The molecule has 1 atom stereocenters. The second kappa shape index (κ2) is 11.5. The van der Waals surface area contributed by atoms with Gasteiger partial charge in [-0.2, -0.15) is 0 Å². The summed E-state index contributed by atoms with van der Waals surface area (Å²) in [5.41, 5.74) is 1.46. The van der Waals surface area contributed by atoms with E-state index >= 15 is 0 Å². The van der Waals surface area contributed by atoms with Gasteiger partial charge in [-0.1, -0.05) is 30.3 Å². The molecular weight excluding hydrogens is 366 g/mol. The predicted octanol–water partition coefficient (Wildman–Crippen LogP) is 2.69. The Hall–Kier alpha value is -1.63. The molecule has 2 aliphatic rings. The summed E-state index contributed by atoms with van der Waals surface area (Å²) in [4.78, 5) is 7.52. The van der Waals surface area contributed by atoms with Gasteiger partial charge >= 0.3 is 0 Å². The number of rotatable bonds is 9. The Balaban J connectivity index is 1.65. The van der Waals surface area contributed by atoms with Gasteiger partial charge in [0.05, 0.1) is 26.4 Å². The topological polar surface area (TPSA) is 55.3 Å². The minimum Gasteiger partial charge on any atom is -0.382 e. The number of aliphatic imine (C=N–C) groups is 1. The summed E-state index contributed by atoms with van der Waals surface area (Å²) >= 11 is 0. The number of nitrogens with zero attached hydrogens (tertiary/aromatic N) is 2. The minimum atomic E-state index is 0.0720. The maximum atomic E-state index is 5.75.